The number of rotatable bonds is 1. The largest absolute Gasteiger partial charge is 2.00 e. The van der Waals surface area contributed by atoms with Crippen molar-refractivity contribution in [3.8, 4) is 0 Å². The quantitative estimate of drug-likeness (QED) is 0.511. The molecule has 2 heterocycles. The Kier molecular flexibility index (Phi) is 5.88. The summed E-state index contributed by atoms with van der Waals surface area (Å²) in [7, 11) is 0. The van der Waals surface area contributed by atoms with E-state index in [-0.39, 0.29) is 47.3 Å². The van der Waals surface area contributed by atoms with Crippen molar-refractivity contribution in [2.75, 3.05) is 0 Å². The molecule has 1 saturated heterocycles. The fraction of sp³-hybridized carbons (Fsp3) is 0.333. The van der Waals surface area contributed by atoms with Crippen LogP contribution in [0.3, 0.4) is 0 Å². The number of aliphatic imine (C=N–C) groups is 1. The number of ether oxygens (including phenoxy) is 2. The average molecular weight is 397 g/mol. The summed E-state index contributed by atoms with van der Waals surface area (Å²) >= 11 is 0. The Morgan fingerprint density at radius 3 is 2.31 bits per heavy atom. The fourth-order valence-corrected chi connectivity index (χ4v) is 4.49. The monoisotopic (exact) mass is 396 g/mol. The Morgan fingerprint density at radius 2 is 1.55 bits per heavy atom. The van der Waals surface area contributed by atoms with E-state index < -0.39 is 0 Å². The van der Waals surface area contributed by atoms with E-state index in [0.717, 1.165) is 12.8 Å². The van der Waals surface area contributed by atoms with E-state index in [1.165, 1.54) is 22.3 Å². The van der Waals surface area contributed by atoms with Gasteiger partial charge in [-0.1, -0.05) is 60.1 Å². The molecule has 0 amide bonds. The number of benzene rings is 2. The third-order valence-corrected chi connectivity index (χ3v) is 5.62. The second kappa shape index (κ2) is 8.40. The summed E-state index contributed by atoms with van der Waals surface area (Å²) in [6.07, 6.45) is 5.94. The van der Waals surface area contributed by atoms with Crippen LogP contribution in [0.5, 0.6) is 0 Å². The smallest absolute Gasteiger partial charge is 0.645 e. The number of hydrogen-bond acceptors (Lipinski definition) is 3. The molecule has 5 heteroatoms. The van der Waals surface area contributed by atoms with Gasteiger partial charge < -0.3 is 21.2 Å². The molecule has 2 aromatic carbocycles. The molecule has 2 aliphatic carbocycles. The third kappa shape index (κ3) is 3.66. The van der Waals surface area contributed by atoms with Crippen molar-refractivity contribution in [3.63, 3.8) is 0 Å². The van der Waals surface area contributed by atoms with Crippen molar-refractivity contribution in [1.82, 2.24) is 0 Å². The van der Waals surface area contributed by atoms with Crippen LogP contribution in [-0.4, -0.2) is 41.2 Å². The number of hydrogen-bond donors (Lipinski definition) is 0. The molecular formula is C24H24MgN2O2. The summed E-state index contributed by atoms with van der Waals surface area (Å²) in [5.41, 5.74) is 5.27. The molecule has 0 saturated carbocycles. The van der Waals surface area contributed by atoms with Crippen molar-refractivity contribution in [3.05, 3.63) is 94.5 Å². The summed E-state index contributed by atoms with van der Waals surface area (Å²) in [5.74, 6) is 1.30. The van der Waals surface area contributed by atoms with Crippen molar-refractivity contribution in [2.24, 2.45) is 4.99 Å². The standard InChI is InChI=1S/C21H17N2O2.C3H7.Mg/c1-3-7-14-12(5-1)9-16-20(14)22-18(24-16)11-19-23-21-15-8-4-2-6-13(15)10-17(21)25-19;1-3-2;/h1-8,11,16-17,20-21H,9-10H2;3H,1-2H3;/q2*-1;+2/b18-11+;;/t16-,17-,20+,21+;;/m1../s1. The number of nitrogens with zero attached hydrogens (tertiary/aromatic N) is 2. The van der Waals surface area contributed by atoms with E-state index in [9.17, 15) is 0 Å². The van der Waals surface area contributed by atoms with Gasteiger partial charge in [-0.3, -0.25) is 0 Å². The molecule has 0 radical (unpaired) electrons. The average Bonchev–Trinajstić information content (AvgIpc) is 3.41. The summed E-state index contributed by atoms with van der Waals surface area (Å²) < 4.78 is 12.1. The summed E-state index contributed by atoms with van der Waals surface area (Å²) in [6, 6.07) is 17.2. The maximum atomic E-state index is 6.05. The van der Waals surface area contributed by atoms with Crippen LogP contribution in [0.2, 0.25) is 0 Å². The van der Waals surface area contributed by atoms with Crippen molar-refractivity contribution >= 4 is 29.0 Å². The van der Waals surface area contributed by atoms with Gasteiger partial charge in [-0.05, 0) is 16.7 Å². The summed E-state index contributed by atoms with van der Waals surface area (Å²) in [6.45, 7) is 4.00. The normalized spacial score (nSPS) is 28.3. The minimum absolute atomic E-state index is 0. The van der Waals surface area contributed by atoms with Gasteiger partial charge in [0.2, 0.25) is 5.90 Å². The first-order valence-electron chi connectivity index (χ1n) is 10.00. The summed E-state index contributed by atoms with van der Waals surface area (Å²) in [5, 5.41) is 4.77. The molecule has 4 atom stereocenters. The number of fused-ring (bicyclic) bond motifs is 6. The van der Waals surface area contributed by atoms with Gasteiger partial charge in [0.05, 0.1) is 6.10 Å². The van der Waals surface area contributed by atoms with Crippen LogP contribution < -0.4 is 0 Å². The summed E-state index contributed by atoms with van der Waals surface area (Å²) in [4.78, 5) is 4.77. The van der Waals surface area contributed by atoms with E-state index in [2.05, 4.69) is 48.5 Å². The molecule has 6 rings (SSSR count). The Labute approximate surface area is 188 Å². The molecule has 2 aliphatic heterocycles. The fourth-order valence-electron chi connectivity index (χ4n) is 4.49. The zero-order valence-corrected chi connectivity index (χ0v) is 18.3. The maximum Gasteiger partial charge on any atom is 2.00 e. The van der Waals surface area contributed by atoms with Crippen LogP contribution in [0.25, 0.3) is 5.32 Å². The van der Waals surface area contributed by atoms with Gasteiger partial charge in [-0.25, -0.2) is 4.99 Å². The predicted molar refractivity (Wildman–Crippen MR) is 116 cm³/mol. The van der Waals surface area contributed by atoms with Gasteiger partial charge in [0.25, 0.3) is 0 Å². The molecule has 144 valence electrons. The van der Waals surface area contributed by atoms with Crippen molar-refractivity contribution < 1.29 is 9.47 Å². The van der Waals surface area contributed by atoms with Gasteiger partial charge in [0.15, 0.2) is 0 Å². The minimum atomic E-state index is 0. The van der Waals surface area contributed by atoms with Crippen molar-refractivity contribution in [1.29, 1.82) is 0 Å². The molecule has 0 spiro atoms. The maximum absolute atomic E-state index is 6.05. The van der Waals surface area contributed by atoms with Crippen molar-refractivity contribution in [2.45, 2.75) is 51.0 Å². The molecule has 0 unspecified atom stereocenters. The molecule has 0 aromatic heterocycles. The second-order valence-electron chi connectivity index (χ2n) is 7.66. The van der Waals surface area contributed by atoms with E-state index in [1.54, 1.807) is 0 Å². The molecular weight excluding hydrogens is 373 g/mol. The van der Waals surface area contributed by atoms with E-state index in [0.29, 0.717) is 11.8 Å². The van der Waals surface area contributed by atoms with Crippen LogP contribution >= 0.6 is 0 Å². The van der Waals surface area contributed by atoms with Gasteiger partial charge in [0.1, 0.15) is 12.1 Å². The molecule has 4 nitrogen and oxygen atoms in total. The SMILES string of the molecule is C(/C1=N[C@H]2c3ccccc3C[C@H]2O1)=C1/[N-][C@H]2c3ccccc3C[C@H]2O1.C[CH-]C.[Mg+2]. The first-order chi connectivity index (χ1) is 13.8. The Morgan fingerprint density at radius 1 is 0.931 bits per heavy atom. The van der Waals surface area contributed by atoms with Crippen LogP contribution in [0.4, 0.5) is 0 Å². The predicted octanol–water partition coefficient (Wildman–Crippen LogP) is 4.84. The molecule has 0 bridgehead atoms. The van der Waals surface area contributed by atoms with Gasteiger partial charge in [-0.15, -0.1) is 0 Å². The molecule has 29 heavy (non-hydrogen) atoms. The van der Waals surface area contributed by atoms with Gasteiger partial charge in [0, 0.05) is 24.8 Å². The van der Waals surface area contributed by atoms with Gasteiger partial charge >= 0.3 is 23.1 Å². The van der Waals surface area contributed by atoms with E-state index in [1.807, 2.05) is 26.3 Å². The van der Waals surface area contributed by atoms with Crippen LogP contribution in [0.15, 0.2) is 65.5 Å². The first-order valence-corrected chi connectivity index (χ1v) is 10.00. The second-order valence-corrected chi connectivity index (χ2v) is 7.66. The Hall–Kier alpha value is -1.98. The van der Waals surface area contributed by atoms with E-state index >= 15 is 0 Å². The zero-order valence-electron chi connectivity index (χ0n) is 16.9. The third-order valence-electron chi connectivity index (χ3n) is 5.62. The Bertz CT molecular complexity index is 955. The molecule has 0 N–H and O–H groups in total. The Balaban J connectivity index is 0.000000485. The molecule has 2 aromatic rings. The first kappa shape index (κ1) is 20.3. The van der Waals surface area contributed by atoms with E-state index in [4.69, 9.17) is 19.8 Å². The van der Waals surface area contributed by atoms with Crippen LogP contribution in [-0.2, 0) is 22.3 Å². The minimum Gasteiger partial charge on any atom is -0.645 e. The van der Waals surface area contributed by atoms with Crippen LogP contribution in [0.1, 0.15) is 48.2 Å². The molecule has 4 aliphatic rings. The topological polar surface area (TPSA) is 44.9 Å². The van der Waals surface area contributed by atoms with Gasteiger partial charge in [-0.2, -0.15) is 13.8 Å². The van der Waals surface area contributed by atoms with Crippen LogP contribution in [0, 0.1) is 6.42 Å². The molecule has 1 fully saturated rings. The zero-order chi connectivity index (χ0) is 19.1.